The number of ether oxygens (including phenoxy) is 3. The van der Waals surface area contributed by atoms with Crippen LogP contribution in [0, 0.1) is 0 Å². The lowest BCUT2D eigenvalue weighted by Gasteiger charge is -2.17. The number of amides is 1. The average molecular weight is 571 g/mol. The third-order valence-electron chi connectivity index (χ3n) is 7.38. The van der Waals surface area contributed by atoms with Gasteiger partial charge in [0.25, 0.3) is 15.9 Å². The summed E-state index contributed by atoms with van der Waals surface area (Å²) in [6.07, 6.45) is 0. The number of rotatable bonds is 7. The van der Waals surface area contributed by atoms with Gasteiger partial charge in [0.15, 0.2) is 0 Å². The van der Waals surface area contributed by atoms with Gasteiger partial charge in [-0.3, -0.25) is 4.79 Å². The number of hydrogen-bond acceptors (Lipinski definition) is 7. The van der Waals surface area contributed by atoms with Crippen molar-refractivity contribution < 1.29 is 32.2 Å². The van der Waals surface area contributed by atoms with E-state index in [9.17, 15) is 18.0 Å². The van der Waals surface area contributed by atoms with Gasteiger partial charge in [0.2, 0.25) is 0 Å². The van der Waals surface area contributed by atoms with Gasteiger partial charge < -0.3 is 19.1 Å². The van der Waals surface area contributed by atoms with Crippen LogP contribution in [-0.4, -0.2) is 50.5 Å². The highest BCUT2D eigenvalue weighted by Gasteiger charge is 2.37. The predicted octanol–water partition coefficient (Wildman–Crippen LogP) is 4.99. The van der Waals surface area contributed by atoms with E-state index in [0.717, 1.165) is 9.54 Å². The molecule has 2 heterocycles. The summed E-state index contributed by atoms with van der Waals surface area (Å²) in [6, 6.07) is 21.9. The molecule has 208 valence electrons. The summed E-state index contributed by atoms with van der Waals surface area (Å²) in [7, 11) is 0.102. The van der Waals surface area contributed by atoms with Crippen molar-refractivity contribution in [2.75, 3.05) is 21.3 Å². The van der Waals surface area contributed by atoms with Crippen LogP contribution in [0.15, 0.2) is 83.8 Å². The van der Waals surface area contributed by atoms with Crippen LogP contribution < -0.4 is 9.47 Å². The Bertz CT molecular complexity index is 1960. The van der Waals surface area contributed by atoms with Gasteiger partial charge in [0, 0.05) is 29.4 Å². The van der Waals surface area contributed by atoms with E-state index in [-0.39, 0.29) is 35.0 Å². The molecule has 0 aliphatic carbocycles. The number of nitrogens with zero attached hydrogens (tertiary/aromatic N) is 2. The summed E-state index contributed by atoms with van der Waals surface area (Å²) in [5.74, 6) is 0.119. The van der Waals surface area contributed by atoms with E-state index in [0.29, 0.717) is 38.9 Å². The lowest BCUT2D eigenvalue weighted by atomic mass is 9.98. The van der Waals surface area contributed by atoms with Gasteiger partial charge in [0.1, 0.15) is 11.5 Å². The largest absolute Gasteiger partial charge is 0.497 e. The zero-order chi connectivity index (χ0) is 28.9. The van der Waals surface area contributed by atoms with Crippen LogP contribution in [0.3, 0.4) is 0 Å². The van der Waals surface area contributed by atoms with Crippen molar-refractivity contribution in [2.45, 2.75) is 18.0 Å². The fourth-order valence-corrected chi connectivity index (χ4v) is 7.09. The van der Waals surface area contributed by atoms with E-state index in [1.807, 2.05) is 24.3 Å². The molecule has 1 aliphatic heterocycles. The lowest BCUT2D eigenvalue weighted by Crippen LogP contribution is -2.23. The predicted molar refractivity (Wildman–Crippen MR) is 153 cm³/mol. The van der Waals surface area contributed by atoms with E-state index < -0.39 is 16.0 Å². The van der Waals surface area contributed by atoms with E-state index in [4.69, 9.17) is 14.2 Å². The molecule has 0 bridgehead atoms. The van der Waals surface area contributed by atoms with Crippen molar-refractivity contribution in [3.8, 4) is 11.5 Å². The van der Waals surface area contributed by atoms with Crippen molar-refractivity contribution in [1.29, 1.82) is 0 Å². The van der Waals surface area contributed by atoms with E-state index >= 15 is 0 Å². The molecule has 0 atom stereocenters. The fraction of sp³-hybridized carbons (Fsp3) is 0.161. The monoisotopic (exact) mass is 570 g/mol. The van der Waals surface area contributed by atoms with Crippen molar-refractivity contribution in [3.05, 3.63) is 101 Å². The third kappa shape index (κ3) is 4.10. The Balaban J connectivity index is 1.68. The fourth-order valence-electron chi connectivity index (χ4n) is 5.53. The molecular weight excluding hydrogens is 544 g/mol. The lowest BCUT2D eigenvalue weighted by molar-refractivity contribution is 0.0602. The second-order valence-corrected chi connectivity index (χ2v) is 11.4. The molecule has 0 saturated carbocycles. The minimum Gasteiger partial charge on any atom is -0.497 e. The van der Waals surface area contributed by atoms with Gasteiger partial charge in [-0.1, -0.05) is 36.4 Å². The normalized spacial score (nSPS) is 13.0. The summed E-state index contributed by atoms with van der Waals surface area (Å²) in [6.45, 7) is 0.477. The molecule has 0 unspecified atom stereocenters. The molecule has 0 saturated heterocycles. The SMILES string of the molecule is COC(=O)c1cc2c(c3c4cc(OC)ccc4n(S(=O)(=O)c4ccccc4)c13)C(=O)N(Cc1ccccc1OC)C2. The number of para-hydroxylation sites is 1. The molecule has 1 aromatic heterocycles. The summed E-state index contributed by atoms with van der Waals surface area (Å²) in [5, 5.41) is 0.817. The van der Waals surface area contributed by atoms with E-state index in [1.54, 1.807) is 54.5 Å². The summed E-state index contributed by atoms with van der Waals surface area (Å²) >= 11 is 0. The second-order valence-electron chi connectivity index (χ2n) is 9.61. The quantitative estimate of drug-likeness (QED) is 0.254. The number of fused-ring (bicyclic) bond motifs is 5. The van der Waals surface area contributed by atoms with Gasteiger partial charge in [-0.05, 0) is 48.0 Å². The smallest absolute Gasteiger partial charge is 0.340 e. The molecule has 9 nitrogen and oxygen atoms in total. The minimum absolute atomic E-state index is 0.0371. The Kier molecular flexibility index (Phi) is 6.42. The molecule has 0 spiro atoms. The standard InChI is InChI=1S/C31H26N2O7S/c1-38-21-13-14-25-23(16-21)28-27-20(18-32(30(27)34)17-19-9-7-8-12-26(19)39-2)15-24(31(35)40-3)29(28)33(25)41(36,37)22-10-5-4-6-11-22/h4-16H,17-18H2,1-3H3. The van der Waals surface area contributed by atoms with Crippen LogP contribution in [-0.2, 0) is 27.8 Å². The molecule has 41 heavy (non-hydrogen) atoms. The zero-order valence-corrected chi connectivity index (χ0v) is 23.4. The van der Waals surface area contributed by atoms with Gasteiger partial charge in [-0.15, -0.1) is 0 Å². The maximum Gasteiger partial charge on any atom is 0.340 e. The number of carbonyl (C=O) groups is 2. The van der Waals surface area contributed by atoms with Crippen molar-refractivity contribution >= 4 is 43.7 Å². The van der Waals surface area contributed by atoms with Crippen LogP contribution in [0.5, 0.6) is 11.5 Å². The van der Waals surface area contributed by atoms with Gasteiger partial charge in [-0.2, -0.15) is 0 Å². The molecule has 4 aromatic carbocycles. The van der Waals surface area contributed by atoms with E-state index in [2.05, 4.69) is 0 Å². The maximum atomic E-state index is 14.2. The highest BCUT2D eigenvalue weighted by molar-refractivity contribution is 7.90. The van der Waals surface area contributed by atoms with Gasteiger partial charge in [0.05, 0.1) is 48.4 Å². The number of aromatic nitrogens is 1. The van der Waals surface area contributed by atoms with Crippen LogP contribution >= 0.6 is 0 Å². The Labute approximate surface area is 236 Å². The second kappa shape index (κ2) is 9.97. The third-order valence-corrected chi connectivity index (χ3v) is 9.11. The average Bonchev–Trinajstić information content (AvgIpc) is 3.50. The Morgan fingerprint density at radius 1 is 0.902 bits per heavy atom. The van der Waals surface area contributed by atoms with Crippen LogP contribution in [0.2, 0.25) is 0 Å². The van der Waals surface area contributed by atoms with Crippen LogP contribution in [0.25, 0.3) is 21.8 Å². The van der Waals surface area contributed by atoms with Gasteiger partial charge >= 0.3 is 5.97 Å². The molecule has 1 aliphatic rings. The topological polar surface area (TPSA) is 104 Å². The highest BCUT2D eigenvalue weighted by atomic mass is 32.2. The van der Waals surface area contributed by atoms with Gasteiger partial charge in [-0.25, -0.2) is 17.2 Å². The first kappa shape index (κ1) is 26.4. The zero-order valence-electron chi connectivity index (χ0n) is 22.6. The first-order chi connectivity index (χ1) is 19.8. The first-order valence-electron chi connectivity index (χ1n) is 12.8. The van der Waals surface area contributed by atoms with Crippen molar-refractivity contribution in [3.63, 3.8) is 0 Å². The molecular formula is C31H26N2O7S. The molecule has 0 N–H and O–H groups in total. The Morgan fingerprint density at radius 2 is 1.63 bits per heavy atom. The van der Waals surface area contributed by atoms with Crippen LogP contribution in [0.4, 0.5) is 0 Å². The molecule has 5 aromatic rings. The summed E-state index contributed by atoms with van der Waals surface area (Å²) in [5.41, 5.74) is 2.17. The number of methoxy groups -OCH3 is 3. The van der Waals surface area contributed by atoms with Crippen molar-refractivity contribution in [1.82, 2.24) is 8.87 Å². The first-order valence-corrected chi connectivity index (χ1v) is 14.2. The maximum absolute atomic E-state index is 14.2. The number of carbonyl (C=O) groups excluding carboxylic acids is 2. The van der Waals surface area contributed by atoms with Crippen molar-refractivity contribution in [2.24, 2.45) is 0 Å². The van der Waals surface area contributed by atoms with Crippen LogP contribution in [0.1, 0.15) is 31.8 Å². The number of esters is 1. The van der Waals surface area contributed by atoms with E-state index in [1.165, 1.54) is 26.4 Å². The molecule has 6 rings (SSSR count). The molecule has 0 radical (unpaired) electrons. The number of benzene rings is 4. The summed E-state index contributed by atoms with van der Waals surface area (Å²) < 4.78 is 45.5. The minimum atomic E-state index is -4.21. The molecule has 0 fully saturated rings. The molecule has 1 amide bonds. The molecule has 10 heteroatoms. The summed E-state index contributed by atoms with van der Waals surface area (Å²) in [4.78, 5) is 29.0. The Morgan fingerprint density at radius 3 is 2.34 bits per heavy atom. The number of hydrogen-bond donors (Lipinski definition) is 0. The Hall–Kier alpha value is -4.83. The highest BCUT2D eigenvalue weighted by Crippen LogP contribution is 2.42.